The van der Waals surface area contributed by atoms with Crippen LogP contribution in [0, 0.1) is 0 Å². The molecule has 0 aliphatic heterocycles. The molecule has 0 atom stereocenters. The molecular formula is C10H22NO4P. The Kier molecular flexibility index (Phi) is 6.23. The molecule has 0 radical (unpaired) electrons. The fourth-order valence-electron chi connectivity index (χ4n) is 1.05. The predicted molar refractivity (Wildman–Crippen MR) is 63.6 cm³/mol. The molecule has 0 saturated heterocycles. The molecule has 0 saturated carbocycles. The molecule has 0 heterocycles. The van der Waals surface area contributed by atoms with Crippen LogP contribution in [0.1, 0.15) is 27.7 Å². The van der Waals surface area contributed by atoms with Gasteiger partial charge < -0.3 is 13.9 Å². The molecule has 0 spiro atoms. The van der Waals surface area contributed by atoms with Crippen LogP contribution in [0.25, 0.3) is 0 Å². The second-order valence-corrected chi connectivity index (χ2v) is 6.33. The quantitative estimate of drug-likeness (QED) is 0.678. The standard InChI is InChI=1S/C10H22NO4P/c1-8(2)14-16(13,15-9(3)4)7-10(12)11(5)6/h8-9H,7H2,1-6H3. The van der Waals surface area contributed by atoms with E-state index >= 15 is 0 Å². The molecule has 0 fully saturated rings. The molecule has 0 aromatic carbocycles. The van der Waals surface area contributed by atoms with Crippen molar-refractivity contribution in [3.63, 3.8) is 0 Å². The first-order valence-corrected chi connectivity index (χ1v) is 7.05. The highest BCUT2D eigenvalue weighted by Gasteiger charge is 2.31. The molecule has 16 heavy (non-hydrogen) atoms. The van der Waals surface area contributed by atoms with Gasteiger partial charge >= 0.3 is 7.60 Å². The lowest BCUT2D eigenvalue weighted by Crippen LogP contribution is -2.26. The lowest BCUT2D eigenvalue weighted by molar-refractivity contribution is -0.126. The zero-order valence-electron chi connectivity index (χ0n) is 10.9. The third-order valence-electron chi connectivity index (χ3n) is 1.57. The summed E-state index contributed by atoms with van der Waals surface area (Å²) in [6, 6.07) is 0. The van der Waals surface area contributed by atoms with E-state index in [4.69, 9.17) is 9.05 Å². The van der Waals surface area contributed by atoms with Gasteiger partial charge in [-0.2, -0.15) is 0 Å². The summed E-state index contributed by atoms with van der Waals surface area (Å²) in [7, 11) is -0.116. The molecule has 0 N–H and O–H groups in total. The van der Waals surface area contributed by atoms with Gasteiger partial charge in [0, 0.05) is 14.1 Å². The number of rotatable bonds is 6. The highest BCUT2D eigenvalue weighted by Crippen LogP contribution is 2.50. The van der Waals surface area contributed by atoms with E-state index in [2.05, 4.69) is 0 Å². The van der Waals surface area contributed by atoms with Crippen LogP contribution in [0.5, 0.6) is 0 Å². The third kappa shape index (κ3) is 6.26. The minimum absolute atomic E-state index is 0.212. The molecule has 0 aliphatic carbocycles. The molecule has 0 rings (SSSR count). The zero-order chi connectivity index (χ0) is 12.9. The molecule has 0 aliphatic rings. The van der Waals surface area contributed by atoms with Crippen LogP contribution in [-0.4, -0.2) is 43.3 Å². The normalized spacial score (nSPS) is 12.2. The highest BCUT2D eigenvalue weighted by atomic mass is 31.2. The third-order valence-corrected chi connectivity index (χ3v) is 3.71. The zero-order valence-corrected chi connectivity index (χ0v) is 11.8. The number of hydrogen-bond acceptors (Lipinski definition) is 4. The number of carbonyl (C=O) groups is 1. The van der Waals surface area contributed by atoms with Crippen molar-refractivity contribution in [1.82, 2.24) is 4.90 Å². The van der Waals surface area contributed by atoms with Crippen molar-refractivity contribution in [1.29, 1.82) is 0 Å². The Bertz CT molecular complexity index is 262. The van der Waals surface area contributed by atoms with Gasteiger partial charge in [-0.25, -0.2) is 0 Å². The van der Waals surface area contributed by atoms with E-state index in [1.165, 1.54) is 4.90 Å². The number of carbonyl (C=O) groups excluding carboxylic acids is 1. The van der Waals surface area contributed by atoms with Crippen molar-refractivity contribution < 1.29 is 18.4 Å². The maximum absolute atomic E-state index is 12.3. The fourth-order valence-corrected chi connectivity index (χ4v) is 3.15. The van der Waals surface area contributed by atoms with Gasteiger partial charge in [-0.15, -0.1) is 0 Å². The molecule has 1 amide bonds. The summed E-state index contributed by atoms with van der Waals surface area (Å²) >= 11 is 0. The average molecular weight is 251 g/mol. The van der Waals surface area contributed by atoms with E-state index in [1.807, 2.05) is 0 Å². The van der Waals surface area contributed by atoms with Crippen LogP contribution in [0.4, 0.5) is 0 Å². The van der Waals surface area contributed by atoms with Crippen LogP contribution >= 0.6 is 7.60 Å². The van der Waals surface area contributed by atoms with E-state index < -0.39 is 7.60 Å². The van der Waals surface area contributed by atoms with Crippen molar-refractivity contribution in [2.75, 3.05) is 20.3 Å². The second-order valence-electron chi connectivity index (χ2n) is 4.37. The monoisotopic (exact) mass is 251 g/mol. The second kappa shape index (κ2) is 6.38. The molecule has 0 aromatic rings. The Balaban J connectivity index is 4.66. The summed E-state index contributed by atoms with van der Waals surface area (Å²) in [5, 5.41) is 0. The average Bonchev–Trinajstić information content (AvgIpc) is 1.98. The van der Waals surface area contributed by atoms with Gasteiger partial charge in [0.1, 0.15) is 6.16 Å². The summed E-state index contributed by atoms with van der Waals surface area (Å²) in [6.45, 7) is 7.04. The lowest BCUT2D eigenvalue weighted by atomic mass is 10.5. The van der Waals surface area contributed by atoms with E-state index in [-0.39, 0.29) is 24.3 Å². The molecule has 5 nitrogen and oxygen atoms in total. The lowest BCUT2D eigenvalue weighted by Gasteiger charge is -2.23. The number of nitrogens with zero attached hydrogens (tertiary/aromatic N) is 1. The van der Waals surface area contributed by atoms with Crippen LogP contribution in [-0.2, 0) is 18.4 Å². The van der Waals surface area contributed by atoms with Gasteiger partial charge in [0.25, 0.3) is 0 Å². The first kappa shape index (κ1) is 15.6. The van der Waals surface area contributed by atoms with E-state index in [0.29, 0.717) is 0 Å². The minimum Gasteiger partial charge on any atom is -0.348 e. The minimum atomic E-state index is -3.33. The van der Waals surface area contributed by atoms with Gasteiger partial charge in [0.15, 0.2) is 0 Å². The summed E-state index contributed by atoms with van der Waals surface area (Å²) in [5.74, 6) is -0.260. The highest BCUT2D eigenvalue weighted by molar-refractivity contribution is 7.54. The van der Waals surface area contributed by atoms with Gasteiger partial charge in [-0.05, 0) is 27.7 Å². The molecule has 6 heteroatoms. The molecule has 0 unspecified atom stereocenters. The van der Waals surface area contributed by atoms with Crippen molar-refractivity contribution in [3.05, 3.63) is 0 Å². The molecular weight excluding hydrogens is 229 g/mol. The molecule has 96 valence electrons. The largest absolute Gasteiger partial charge is 0.348 e. The summed E-state index contributed by atoms with van der Waals surface area (Å²) < 4.78 is 22.8. The Morgan fingerprint density at radius 1 is 1.12 bits per heavy atom. The molecule has 0 aromatic heterocycles. The maximum Gasteiger partial charge on any atom is 0.340 e. The topological polar surface area (TPSA) is 55.8 Å². The Hall–Kier alpha value is -0.380. The number of amides is 1. The van der Waals surface area contributed by atoms with Gasteiger partial charge in [0.05, 0.1) is 12.2 Å². The van der Waals surface area contributed by atoms with Crippen LogP contribution in [0.15, 0.2) is 0 Å². The van der Waals surface area contributed by atoms with Crippen molar-refractivity contribution in [2.24, 2.45) is 0 Å². The van der Waals surface area contributed by atoms with Crippen molar-refractivity contribution in [2.45, 2.75) is 39.9 Å². The van der Waals surface area contributed by atoms with Gasteiger partial charge in [-0.3, -0.25) is 9.36 Å². The van der Waals surface area contributed by atoms with Crippen molar-refractivity contribution >= 4 is 13.5 Å². The van der Waals surface area contributed by atoms with E-state index in [1.54, 1.807) is 41.8 Å². The maximum atomic E-state index is 12.3. The van der Waals surface area contributed by atoms with Crippen LogP contribution in [0.2, 0.25) is 0 Å². The van der Waals surface area contributed by atoms with Crippen LogP contribution < -0.4 is 0 Å². The van der Waals surface area contributed by atoms with Crippen LogP contribution in [0.3, 0.4) is 0 Å². The Morgan fingerprint density at radius 3 is 1.75 bits per heavy atom. The van der Waals surface area contributed by atoms with Gasteiger partial charge in [0.2, 0.25) is 5.91 Å². The first-order valence-electron chi connectivity index (χ1n) is 5.32. The van der Waals surface area contributed by atoms with E-state index in [0.717, 1.165) is 0 Å². The summed E-state index contributed by atoms with van der Waals surface area (Å²) in [4.78, 5) is 12.9. The summed E-state index contributed by atoms with van der Waals surface area (Å²) in [5.41, 5.74) is 0. The van der Waals surface area contributed by atoms with E-state index in [9.17, 15) is 9.36 Å². The van der Waals surface area contributed by atoms with Gasteiger partial charge in [-0.1, -0.05) is 0 Å². The summed E-state index contributed by atoms with van der Waals surface area (Å²) in [6.07, 6.45) is -0.685. The molecule has 0 bridgehead atoms. The smallest absolute Gasteiger partial charge is 0.340 e. The Morgan fingerprint density at radius 2 is 1.50 bits per heavy atom. The van der Waals surface area contributed by atoms with Crippen molar-refractivity contribution in [3.8, 4) is 0 Å². The fraction of sp³-hybridized carbons (Fsp3) is 0.900. The number of hydrogen-bond donors (Lipinski definition) is 0. The first-order chi connectivity index (χ1) is 7.16. The Labute approximate surface area is 97.6 Å². The SMILES string of the molecule is CC(C)OP(=O)(CC(=O)N(C)C)OC(C)C. The predicted octanol–water partition coefficient (Wildman–Crippen LogP) is 2.12.